The number of nitrogens with zero attached hydrogens (tertiary/aromatic N) is 4. The fourth-order valence-electron chi connectivity index (χ4n) is 8.10. The number of hydrogen-bond acceptors (Lipinski definition) is 8. The summed E-state index contributed by atoms with van der Waals surface area (Å²) in [6.45, 7) is 8.17. The number of nitrogens with one attached hydrogen (secondary N) is 1. The Morgan fingerprint density at radius 2 is 1.71 bits per heavy atom. The number of ether oxygens (including phenoxy) is 3. The smallest absolute Gasteiger partial charge is 0.217 e. The fourth-order valence-corrected chi connectivity index (χ4v) is 8.62. The van der Waals surface area contributed by atoms with Crippen LogP contribution in [0.5, 0.6) is 17.2 Å². The molecule has 0 radical (unpaired) electrons. The number of rotatable bonds is 14. The van der Waals surface area contributed by atoms with Crippen molar-refractivity contribution in [1.82, 2.24) is 20.1 Å². The van der Waals surface area contributed by atoms with E-state index in [0.29, 0.717) is 33.7 Å². The highest BCUT2D eigenvalue weighted by Crippen LogP contribution is 2.45. The lowest BCUT2D eigenvalue weighted by atomic mass is 9.96. The molecule has 2 saturated heterocycles. The number of nitriles is 1. The van der Waals surface area contributed by atoms with E-state index in [9.17, 15) is 10.1 Å². The Hall–Kier alpha value is -4.33. The number of carbonyl (C=O) groups excluding carboxylic acids is 1. The number of pyridine rings is 1. The fraction of sp³-hybridized carbons (Fsp3) is 0.432. The molecular weight excluding hydrogens is 733 g/mol. The van der Waals surface area contributed by atoms with Gasteiger partial charge < -0.3 is 24.4 Å². The first-order valence-electron chi connectivity index (χ1n) is 19.6. The molecule has 288 valence electrons. The number of carbonyl (C=O) groups is 1. The molecule has 0 saturated carbocycles. The summed E-state index contributed by atoms with van der Waals surface area (Å²) >= 11 is 14.0. The van der Waals surface area contributed by atoms with Crippen molar-refractivity contribution >= 4 is 29.1 Å². The van der Waals surface area contributed by atoms with Crippen LogP contribution in [0, 0.1) is 11.3 Å². The van der Waals surface area contributed by atoms with Crippen LogP contribution in [-0.2, 0) is 24.4 Å². The van der Waals surface area contributed by atoms with Gasteiger partial charge in [0.15, 0.2) is 0 Å². The summed E-state index contributed by atoms with van der Waals surface area (Å²) in [7, 11) is 0. The Morgan fingerprint density at radius 1 is 0.909 bits per heavy atom. The predicted molar refractivity (Wildman–Crippen MR) is 216 cm³/mol. The number of hydrogen-bond donors (Lipinski definition) is 1. The van der Waals surface area contributed by atoms with Gasteiger partial charge in [-0.1, -0.05) is 60.0 Å². The number of benzene rings is 3. The van der Waals surface area contributed by atoms with Crippen LogP contribution in [0.15, 0.2) is 67.0 Å². The normalized spacial score (nSPS) is 17.7. The molecular formula is C44H49Cl2N5O4. The van der Waals surface area contributed by atoms with Crippen molar-refractivity contribution in [1.29, 1.82) is 5.26 Å². The lowest BCUT2D eigenvalue weighted by molar-refractivity contribution is -0.119. The van der Waals surface area contributed by atoms with E-state index < -0.39 is 0 Å². The zero-order valence-electron chi connectivity index (χ0n) is 31.5. The van der Waals surface area contributed by atoms with Gasteiger partial charge in [-0.15, -0.1) is 0 Å². The summed E-state index contributed by atoms with van der Waals surface area (Å²) in [5.41, 5.74) is 6.70. The molecule has 0 spiro atoms. The van der Waals surface area contributed by atoms with Gasteiger partial charge in [0, 0.05) is 74.3 Å². The van der Waals surface area contributed by atoms with Gasteiger partial charge >= 0.3 is 0 Å². The van der Waals surface area contributed by atoms with Gasteiger partial charge in [-0.2, -0.15) is 5.26 Å². The van der Waals surface area contributed by atoms with E-state index in [-0.39, 0.29) is 24.7 Å². The van der Waals surface area contributed by atoms with Gasteiger partial charge in [0.2, 0.25) is 5.91 Å². The average Bonchev–Trinajstić information content (AvgIpc) is 3.61. The standard InChI is InChI=1S/C44H49Cl2N5O4/c1-30(52)49-34-14-19-50(20-15-34)18-7-21-53-41-11-6-10-38(44(41)46)35-8-5-9-37-36(35)12-13-40(37)55-43-24-42(54-29-32-22-31(25-47)26-48-27-32)33(23-39(43)45)28-51-16-3-2-4-17-51/h5-6,8-11,22-24,26-27,34,40H,2-4,7,12-21,28-29H2,1H3,(H,49,52). The highest BCUT2D eigenvalue weighted by atomic mass is 35.5. The first kappa shape index (κ1) is 38.9. The Balaban J connectivity index is 1.03. The van der Waals surface area contributed by atoms with E-state index in [1.165, 1.54) is 24.8 Å². The van der Waals surface area contributed by atoms with Crippen molar-refractivity contribution in [3.8, 4) is 34.4 Å². The van der Waals surface area contributed by atoms with E-state index in [4.69, 9.17) is 37.4 Å². The topological polar surface area (TPSA) is 100.0 Å². The summed E-state index contributed by atoms with van der Waals surface area (Å²) < 4.78 is 19.4. The molecule has 1 unspecified atom stereocenters. The number of halogens is 2. The third-order valence-corrected chi connectivity index (χ3v) is 11.6. The molecule has 3 aromatic carbocycles. The molecule has 1 aliphatic carbocycles. The minimum Gasteiger partial charge on any atom is -0.492 e. The van der Waals surface area contributed by atoms with Gasteiger partial charge in [0.1, 0.15) is 36.0 Å². The highest BCUT2D eigenvalue weighted by Gasteiger charge is 2.29. The summed E-state index contributed by atoms with van der Waals surface area (Å²) in [6.07, 6.45) is 11.2. The summed E-state index contributed by atoms with van der Waals surface area (Å²) in [4.78, 5) is 20.5. The van der Waals surface area contributed by atoms with Crippen LogP contribution >= 0.6 is 23.2 Å². The summed E-state index contributed by atoms with van der Waals surface area (Å²) in [5.74, 6) is 2.03. The lowest BCUT2D eigenvalue weighted by Crippen LogP contribution is -2.44. The largest absolute Gasteiger partial charge is 0.492 e. The average molecular weight is 783 g/mol. The monoisotopic (exact) mass is 781 g/mol. The maximum atomic E-state index is 11.4. The number of amides is 1. The molecule has 55 heavy (non-hydrogen) atoms. The van der Waals surface area contributed by atoms with Crippen LogP contribution in [0.25, 0.3) is 11.1 Å². The second kappa shape index (κ2) is 18.5. The van der Waals surface area contributed by atoms with E-state index in [2.05, 4.69) is 50.4 Å². The van der Waals surface area contributed by atoms with E-state index in [0.717, 1.165) is 105 Å². The molecule has 0 bridgehead atoms. The molecule has 1 aromatic heterocycles. The summed E-state index contributed by atoms with van der Waals surface area (Å²) in [6, 6.07) is 20.5. The molecule has 11 heteroatoms. The Labute approximate surface area is 334 Å². The predicted octanol–water partition coefficient (Wildman–Crippen LogP) is 8.93. The second-order valence-corrected chi connectivity index (χ2v) is 15.6. The molecule has 3 heterocycles. The van der Waals surface area contributed by atoms with Crippen molar-refractivity contribution in [3.63, 3.8) is 0 Å². The quantitative estimate of drug-likeness (QED) is 0.127. The van der Waals surface area contributed by atoms with Crippen molar-refractivity contribution in [2.75, 3.05) is 39.3 Å². The second-order valence-electron chi connectivity index (χ2n) is 14.9. The number of piperidine rings is 2. The summed E-state index contributed by atoms with van der Waals surface area (Å²) in [5, 5.41) is 13.6. The van der Waals surface area contributed by atoms with Crippen LogP contribution < -0.4 is 19.5 Å². The minimum atomic E-state index is -0.189. The van der Waals surface area contributed by atoms with Crippen LogP contribution in [0.3, 0.4) is 0 Å². The molecule has 1 amide bonds. The molecule has 4 aromatic rings. The van der Waals surface area contributed by atoms with Crippen molar-refractivity contribution in [2.45, 2.75) is 83.6 Å². The molecule has 9 nitrogen and oxygen atoms in total. The van der Waals surface area contributed by atoms with Crippen LogP contribution in [0.4, 0.5) is 0 Å². The van der Waals surface area contributed by atoms with Gasteiger partial charge in [0.05, 0.1) is 22.2 Å². The molecule has 2 aliphatic heterocycles. The van der Waals surface area contributed by atoms with E-state index in [1.54, 1.807) is 25.4 Å². The van der Waals surface area contributed by atoms with Gasteiger partial charge in [-0.25, -0.2) is 0 Å². The van der Waals surface area contributed by atoms with Gasteiger partial charge in [-0.3, -0.25) is 14.7 Å². The number of fused-ring (bicyclic) bond motifs is 1. The Kier molecular flexibility index (Phi) is 13.1. The third kappa shape index (κ3) is 9.92. The van der Waals surface area contributed by atoms with Crippen LogP contribution in [0.1, 0.15) is 85.8 Å². The van der Waals surface area contributed by atoms with Crippen molar-refractivity contribution in [2.24, 2.45) is 0 Å². The molecule has 1 atom stereocenters. The maximum absolute atomic E-state index is 11.4. The lowest BCUT2D eigenvalue weighted by Gasteiger charge is -2.32. The molecule has 3 aliphatic rings. The minimum absolute atomic E-state index is 0.0459. The Morgan fingerprint density at radius 3 is 2.51 bits per heavy atom. The Bertz CT molecular complexity index is 2000. The molecule has 7 rings (SSSR count). The zero-order valence-corrected chi connectivity index (χ0v) is 33.0. The maximum Gasteiger partial charge on any atom is 0.217 e. The van der Waals surface area contributed by atoms with Gasteiger partial charge in [-0.05, 0) is 92.9 Å². The molecule has 1 N–H and O–H groups in total. The SMILES string of the molecule is CC(=O)NC1CCN(CCCOc2cccc(-c3cccc4c3CCC4Oc3cc(OCc4cncc(C#N)c4)c(CN4CCCCC4)cc3Cl)c2Cl)CC1. The van der Waals surface area contributed by atoms with Crippen LogP contribution in [-0.4, -0.2) is 66.1 Å². The van der Waals surface area contributed by atoms with Gasteiger partial charge in [0.25, 0.3) is 0 Å². The first-order valence-corrected chi connectivity index (χ1v) is 20.3. The zero-order chi connectivity index (χ0) is 38.1. The van der Waals surface area contributed by atoms with E-state index in [1.807, 2.05) is 24.3 Å². The third-order valence-electron chi connectivity index (χ3n) is 10.9. The van der Waals surface area contributed by atoms with Crippen molar-refractivity contribution in [3.05, 3.63) is 105 Å². The highest BCUT2D eigenvalue weighted by molar-refractivity contribution is 6.35. The number of aromatic nitrogens is 1. The van der Waals surface area contributed by atoms with Crippen LogP contribution in [0.2, 0.25) is 10.0 Å². The first-order chi connectivity index (χ1) is 26.8. The van der Waals surface area contributed by atoms with E-state index >= 15 is 0 Å². The number of likely N-dealkylation sites (tertiary alicyclic amines) is 2. The molecule has 2 fully saturated rings. The van der Waals surface area contributed by atoms with Crippen molar-refractivity contribution < 1.29 is 19.0 Å².